The van der Waals surface area contributed by atoms with Gasteiger partial charge < -0.3 is 20.1 Å². The second kappa shape index (κ2) is 13.0. The van der Waals surface area contributed by atoms with Crippen LogP contribution < -0.4 is 15.4 Å². The molecule has 2 rings (SSSR count). The van der Waals surface area contributed by atoms with Crippen LogP contribution in [0.1, 0.15) is 31.7 Å². The maximum Gasteiger partial charge on any atom is 0.387 e. The molecule has 0 spiro atoms. The summed E-state index contributed by atoms with van der Waals surface area (Å²) in [5, 5.41) is 6.16. The highest BCUT2D eigenvalue weighted by molar-refractivity contribution is 14.0. The molecule has 0 unspecified atom stereocenters. The first-order valence-corrected chi connectivity index (χ1v) is 8.92. The second-order valence-electron chi connectivity index (χ2n) is 6.09. The van der Waals surface area contributed by atoms with Gasteiger partial charge in [0, 0.05) is 26.3 Å². The Balaban J connectivity index is 0.00000364. The third-order valence-corrected chi connectivity index (χ3v) is 3.84. The lowest BCUT2D eigenvalue weighted by Gasteiger charge is -2.13. The van der Waals surface area contributed by atoms with Gasteiger partial charge in [-0.2, -0.15) is 8.78 Å². The fourth-order valence-corrected chi connectivity index (χ4v) is 2.31. The molecular formula is C18H27F3IN3O2. The number of alkyl halides is 2. The van der Waals surface area contributed by atoms with Crippen molar-refractivity contribution in [1.29, 1.82) is 0 Å². The Labute approximate surface area is 175 Å². The average Bonchev–Trinajstić information content (AvgIpc) is 3.41. The van der Waals surface area contributed by atoms with Gasteiger partial charge in [-0.3, -0.25) is 0 Å². The summed E-state index contributed by atoms with van der Waals surface area (Å²) >= 11 is 0. The lowest BCUT2D eigenvalue weighted by Crippen LogP contribution is -2.38. The average molecular weight is 501 g/mol. The SMILES string of the molecule is CCNC(=NCc1c(F)cccc1OC(F)F)NCCCOCC1CC1.I. The van der Waals surface area contributed by atoms with E-state index in [2.05, 4.69) is 20.4 Å². The van der Waals surface area contributed by atoms with E-state index >= 15 is 0 Å². The zero-order valence-electron chi connectivity index (χ0n) is 15.3. The van der Waals surface area contributed by atoms with Crippen molar-refractivity contribution in [2.24, 2.45) is 10.9 Å². The molecule has 1 saturated carbocycles. The number of hydrogen-bond acceptors (Lipinski definition) is 3. The van der Waals surface area contributed by atoms with E-state index < -0.39 is 12.4 Å². The molecular weight excluding hydrogens is 474 g/mol. The Morgan fingerprint density at radius 1 is 1.30 bits per heavy atom. The first kappa shape index (κ1) is 23.8. The fraction of sp³-hybridized carbons (Fsp3) is 0.611. The normalized spacial score (nSPS) is 14.0. The number of benzene rings is 1. The van der Waals surface area contributed by atoms with Gasteiger partial charge in [-0.15, -0.1) is 24.0 Å². The van der Waals surface area contributed by atoms with Gasteiger partial charge in [0.25, 0.3) is 0 Å². The molecule has 0 bridgehead atoms. The number of aliphatic imine (C=N–C) groups is 1. The van der Waals surface area contributed by atoms with Crippen molar-refractivity contribution < 1.29 is 22.6 Å². The highest BCUT2D eigenvalue weighted by Crippen LogP contribution is 2.28. The van der Waals surface area contributed by atoms with E-state index in [4.69, 9.17) is 4.74 Å². The number of rotatable bonds is 11. The van der Waals surface area contributed by atoms with Gasteiger partial charge in [-0.05, 0) is 44.2 Å². The molecule has 0 aromatic heterocycles. The molecule has 0 heterocycles. The number of halogens is 4. The molecule has 1 aromatic rings. The van der Waals surface area contributed by atoms with E-state index in [9.17, 15) is 13.2 Å². The standard InChI is InChI=1S/C18H26F3N3O2.HI/c1-2-22-18(23-9-4-10-25-12-13-7-8-13)24-11-14-15(19)5-3-6-16(14)26-17(20)21;/h3,5-6,13,17H,2,4,7-12H2,1H3,(H2,22,23,24);1H. The van der Waals surface area contributed by atoms with Crippen LogP contribution in [0.5, 0.6) is 5.75 Å². The van der Waals surface area contributed by atoms with Gasteiger partial charge in [0.1, 0.15) is 11.6 Å². The van der Waals surface area contributed by atoms with Crippen molar-refractivity contribution in [2.75, 3.05) is 26.3 Å². The van der Waals surface area contributed by atoms with E-state index in [0.29, 0.717) is 25.7 Å². The molecule has 2 N–H and O–H groups in total. The largest absolute Gasteiger partial charge is 0.434 e. The Hall–Kier alpha value is -1.23. The third kappa shape index (κ3) is 9.50. The summed E-state index contributed by atoms with van der Waals surface area (Å²) < 4.78 is 48.8. The topological polar surface area (TPSA) is 54.9 Å². The zero-order chi connectivity index (χ0) is 18.8. The number of nitrogens with zero attached hydrogens (tertiary/aromatic N) is 1. The highest BCUT2D eigenvalue weighted by Gasteiger charge is 2.20. The Kier molecular flexibility index (Phi) is 11.5. The van der Waals surface area contributed by atoms with Crippen molar-refractivity contribution in [1.82, 2.24) is 10.6 Å². The summed E-state index contributed by atoms with van der Waals surface area (Å²) in [6.07, 6.45) is 3.35. The number of hydrogen-bond donors (Lipinski definition) is 2. The molecule has 1 aromatic carbocycles. The molecule has 0 radical (unpaired) electrons. The van der Waals surface area contributed by atoms with Crippen LogP contribution in [0.4, 0.5) is 13.2 Å². The number of nitrogens with one attached hydrogen (secondary N) is 2. The van der Waals surface area contributed by atoms with Crippen LogP contribution in [0.25, 0.3) is 0 Å². The van der Waals surface area contributed by atoms with Gasteiger partial charge in [-0.25, -0.2) is 9.38 Å². The van der Waals surface area contributed by atoms with Gasteiger partial charge in [0.05, 0.1) is 12.1 Å². The van der Waals surface area contributed by atoms with Crippen molar-refractivity contribution in [3.8, 4) is 5.75 Å². The first-order chi connectivity index (χ1) is 12.6. The molecule has 9 heteroatoms. The van der Waals surface area contributed by atoms with E-state index in [1.54, 1.807) is 0 Å². The van der Waals surface area contributed by atoms with Crippen LogP contribution in [0.3, 0.4) is 0 Å². The van der Waals surface area contributed by atoms with Crippen molar-refractivity contribution in [3.63, 3.8) is 0 Å². The molecule has 154 valence electrons. The Bertz CT molecular complexity index is 587. The van der Waals surface area contributed by atoms with Crippen LogP contribution in [-0.2, 0) is 11.3 Å². The Morgan fingerprint density at radius 3 is 2.74 bits per heavy atom. The Morgan fingerprint density at radius 2 is 2.07 bits per heavy atom. The molecule has 1 aliphatic carbocycles. The molecule has 0 amide bonds. The minimum Gasteiger partial charge on any atom is -0.434 e. The maximum atomic E-state index is 13.9. The summed E-state index contributed by atoms with van der Waals surface area (Å²) in [5.41, 5.74) is -0.00207. The zero-order valence-corrected chi connectivity index (χ0v) is 17.7. The van der Waals surface area contributed by atoms with E-state index in [1.807, 2.05) is 6.92 Å². The number of ether oxygens (including phenoxy) is 2. The lowest BCUT2D eigenvalue weighted by molar-refractivity contribution is -0.0506. The predicted octanol–water partition coefficient (Wildman–Crippen LogP) is 3.92. The molecule has 27 heavy (non-hydrogen) atoms. The van der Waals surface area contributed by atoms with Crippen LogP contribution in [0.15, 0.2) is 23.2 Å². The van der Waals surface area contributed by atoms with E-state index in [-0.39, 0.29) is 41.8 Å². The summed E-state index contributed by atoms with van der Waals surface area (Å²) in [7, 11) is 0. The molecule has 1 fully saturated rings. The molecule has 0 aliphatic heterocycles. The summed E-state index contributed by atoms with van der Waals surface area (Å²) in [5.74, 6) is 0.400. The fourth-order valence-electron chi connectivity index (χ4n) is 2.31. The summed E-state index contributed by atoms with van der Waals surface area (Å²) in [6.45, 7) is 1.56. The van der Waals surface area contributed by atoms with Crippen molar-refractivity contribution in [2.45, 2.75) is 39.3 Å². The third-order valence-electron chi connectivity index (χ3n) is 3.84. The predicted molar refractivity (Wildman–Crippen MR) is 109 cm³/mol. The monoisotopic (exact) mass is 501 g/mol. The minimum atomic E-state index is -3.01. The quantitative estimate of drug-likeness (QED) is 0.209. The molecule has 0 atom stereocenters. The minimum absolute atomic E-state index is 0. The molecule has 5 nitrogen and oxygen atoms in total. The van der Waals surface area contributed by atoms with Crippen LogP contribution >= 0.6 is 24.0 Å². The molecule has 0 saturated heterocycles. The van der Waals surface area contributed by atoms with Gasteiger partial charge in [0.15, 0.2) is 5.96 Å². The smallest absolute Gasteiger partial charge is 0.387 e. The summed E-state index contributed by atoms with van der Waals surface area (Å²) in [4.78, 5) is 4.26. The lowest BCUT2D eigenvalue weighted by atomic mass is 10.2. The van der Waals surface area contributed by atoms with Crippen LogP contribution in [0, 0.1) is 11.7 Å². The van der Waals surface area contributed by atoms with Gasteiger partial charge in [-0.1, -0.05) is 6.07 Å². The van der Waals surface area contributed by atoms with Crippen molar-refractivity contribution in [3.05, 3.63) is 29.6 Å². The van der Waals surface area contributed by atoms with Crippen LogP contribution in [0.2, 0.25) is 0 Å². The van der Waals surface area contributed by atoms with E-state index in [0.717, 1.165) is 18.9 Å². The second-order valence-corrected chi connectivity index (χ2v) is 6.09. The van der Waals surface area contributed by atoms with E-state index in [1.165, 1.54) is 31.0 Å². The maximum absolute atomic E-state index is 13.9. The van der Waals surface area contributed by atoms with Crippen LogP contribution in [-0.4, -0.2) is 38.9 Å². The molecule has 1 aliphatic rings. The van der Waals surface area contributed by atoms with Gasteiger partial charge >= 0.3 is 6.61 Å². The first-order valence-electron chi connectivity index (χ1n) is 8.92. The highest BCUT2D eigenvalue weighted by atomic mass is 127. The number of guanidine groups is 1. The van der Waals surface area contributed by atoms with Gasteiger partial charge in [0.2, 0.25) is 0 Å². The van der Waals surface area contributed by atoms with Crippen molar-refractivity contribution >= 4 is 29.9 Å². The summed E-state index contributed by atoms with van der Waals surface area (Å²) in [6, 6.07) is 3.82.